The molecule has 2 aliphatic heterocycles. The lowest BCUT2D eigenvalue weighted by Gasteiger charge is -2.44. The Bertz CT molecular complexity index is 2070. The van der Waals surface area contributed by atoms with Crippen LogP contribution in [0.5, 0.6) is 0 Å². The lowest BCUT2D eigenvalue weighted by Crippen LogP contribution is -2.34. The Labute approximate surface area is 260 Å². The highest BCUT2D eigenvalue weighted by Crippen LogP contribution is 2.58. The molecule has 0 fully saturated rings. The van der Waals surface area contributed by atoms with Crippen molar-refractivity contribution in [2.24, 2.45) is 11.1 Å². The molecule has 44 heavy (non-hydrogen) atoms. The molecule has 5 aromatic rings. The Hall–Kier alpha value is -4.76. The molecule has 4 aromatic carbocycles. The summed E-state index contributed by atoms with van der Waals surface area (Å²) < 4.78 is 2.49. The minimum Gasteiger partial charge on any atom is -0.404 e. The maximum Gasteiger partial charge on any atom is 0.0539 e. The molecule has 1 unspecified atom stereocenters. The lowest BCUT2D eigenvalue weighted by atomic mass is 9.65. The van der Waals surface area contributed by atoms with E-state index in [1.165, 1.54) is 72.7 Å². The average molecular weight is 574 g/mol. The SMILES string of the molecule is C/C=C1\C(=C/N)C(C)(C)C2CC=Cc3c2n1c1ccc(N2c4ccccc4C(C)(C)c4cc(-c5ccccc5)ccc42)cc31. The summed E-state index contributed by atoms with van der Waals surface area (Å²) in [4.78, 5) is 2.48. The molecular formula is C41H39N3. The first-order valence-electron chi connectivity index (χ1n) is 15.8. The third kappa shape index (κ3) is 3.50. The Balaban J connectivity index is 1.38. The van der Waals surface area contributed by atoms with E-state index >= 15 is 0 Å². The van der Waals surface area contributed by atoms with Crippen molar-refractivity contribution in [3.63, 3.8) is 0 Å². The Morgan fingerprint density at radius 2 is 1.55 bits per heavy atom. The molecule has 2 N–H and O–H groups in total. The molecule has 0 radical (unpaired) electrons. The van der Waals surface area contributed by atoms with Gasteiger partial charge in [0.2, 0.25) is 0 Å². The number of anilines is 3. The van der Waals surface area contributed by atoms with Gasteiger partial charge in [-0.15, -0.1) is 0 Å². The van der Waals surface area contributed by atoms with Crippen molar-refractivity contribution in [1.82, 2.24) is 4.57 Å². The number of benzene rings is 4. The van der Waals surface area contributed by atoms with Gasteiger partial charge >= 0.3 is 0 Å². The molecule has 3 aliphatic rings. The van der Waals surface area contributed by atoms with E-state index in [9.17, 15) is 0 Å². The van der Waals surface area contributed by atoms with Crippen LogP contribution in [0.3, 0.4) is 0 Å². The fourth-order valence-electron chi connectivity index (χ4n) is 8.33. The van der Waals surface area contributed by atoms with Crippen LogP contribution in [0.4, 0.5) is 17.1 Å². The second kappa shape index (κ2) is 9.37. The first-order chi connectivity index (χ1) is 21.3. The van der Waals surface area contributed by atoms with Crippen molar-refractivity contribution in [3.05, 3.63) is 137 Å². The van der Waals surface area contributed by atoms with E-state index in [1.54, 1.807) is 0 Å². The van der Waals surface area contributed by atoms with Crippen LogP contribution in [0.15, 0.2) is 115 Å². The summed E-state index contributed by atoms with van der Waals surface area (Å²) in [6, 6.07) is 33.7. The number of allylic oxidation sites excluding steroid dienone is 4. The molecule has 0 amide bonds. The maximum absolute atomic E-state index is 6.33. The summed E-state index contributed by atoms with van der Waals surface area (Å²) in [5.74, 6) is 0.366. The Morgan fingerprint density at radius 1 is 0.795 bits per heavy atom. The molecule has 3 nitrogen and oxygen atoms in total. The first-order valence-corrected chi connectivity index (χ1v) is 15.8. The zero-order valence-corrected chi connectivity index (χ0v) is 26.2. The van der Waals surface area contributed by atoms with E-state index in [-0.39, 0.29) is 10.8 Å². The van der Waals surface area contributed by atoms with Crippen LogP contribution in [0, 0.1) is 5.41 Å². The van der Waals surface area contributed by atoms with Gasteiger partial charge in [0.15, 0.2) is 0 Å². The van der Waals surface area contributed by atoms with Gasteiger partial charge in [-0.05, 0) is 83.8 Å². The third-order valence-electron chi connectivity index (χ3n) is 10.6. The van der Waals surface area contributed by atoms with Gasteiger partial charge in [-0.3, -0.25) is 0 Å². The monoisotopic (exact) mass is 573 g/mol. The van der Waals surface area contributed by atoms with Gasteiger partial charge in [-0.1, -0.05) is 101 Å². The molecule has 0 saturated carbocycles. The van der Waals surface area contributed by atoms with Gasteiger partial charge < -0.3 is 15.2 Å². The molecule has 1 aromatic heterocycles. The lowest BCUT2D eigenvalue weighted by molar-refractivity contribution is 0.332. The second-order valence-electron chi connectivity index (χ2n) is 13.6. The molecule has 3 heterocycles. The minimum absolute atomic E-state index is 0.0594. The largest absolute Gasteiger partial charge is 0.404 e. The van der Waals surface area contributed by atoms with Crippen LogP contribution >= 0.6 is 0 Å². The highest BCUT2D eigenvalue weighted by molar-refractivity contribution is 6.00. The summed E-state index contributed by atoms with van der Waals surface area (Å²) in [6.07, 6.45) is 9.79. The van der Waals surface area contributed by atoms with Gasteiger partial charge in [0.05, 0.1) is 16.9 Å². The van der Waals surface area contributed by atoms with Crippen LogP contribution in [0.25, 0.3) is 33.8 Å². The molecule has 0 saturated heterocycles. The number of nitrogens with zero attached hydrogens (tertiary/aromatic N) is 2. The van der Waals surface area contributed by atoms with Crippen LogP contribution in [-0.2, 0) is 5.41 Å². The molecule has 8 rings (SSSR count). The van der Waals surface area contributed by atoms with Crippen molar-refractivity contribution in [2.75, 3.05) is 4.90 Å². The predicted octanol–water partition coefficient (Wildman–Crippen LogP) is 10.7. The Kier molecular flexibility index (Phi) is 5.71. The molecule has 0 bridgehead atoms. The highest BCUT2D eigenvalue weighted by Gasteiger charge is 2.45. The normalized spacial score (nSPS) is 20.9. The standard InChI is InChI=1S/C41H39N3/c1-6-35-34(25-42)41(4,5)32-17-12-15-29-30-24-28(20-22-36(30)44(35)39(29)32)43-37-18-11-10-16-31(37)40(2,3)33-23-27(19-21-38(33)43)26-13-8-7-9-14-26/h6-16,18-25,32H,17,42H2,1-5H3/b34-25+,35-6+. The van der Waals surface area contributed by atoms with Crippen molar-refractivity contribution < 1.29 is 0 Å². The van der Waals surface area contributed by atoms with Crippen LogP contribution in [0.2, 0.25) is 0 Å². The molecular weight excluding hydrogens is 534 g/mol. The number of nitrogens with two attached hydrogens (primary N) is 1. The first kappa shape index (κ1) is 26.8. The van der Waals surface area contributed by atoms with Crippen molar-refractivity contribution in [3.8, 4) is 11.1 Å². The molecule has 1 aliphatic carbocycles. The number of rotatable bonds is 2. The van der Waals surface area contributed by atoms with Crippen molar-refractivity contribution >= 4 is 39.7 Å². The zero-order chi connectivity index (χ0) is 30.4. The topological polar surface area (TPSA) is 34.2 Å². The second-order valence-corrected chi connectivity index (χ2v) is 13.6. The van der Waals surface area contributed by atoms with Gasteiger partial charge in [0, 0.05) is 44.8 Å². The van der Waals surface area contributed by atoms with Gasteiger partial charge in [-0.2, -0.15) is 0 Å². The summed E-state index contributed by atoms with van der Waals surface area (Å²) in [7, 11) is 0. The summed E-state index contributed by atoms with van der Waals surface area (Å²) >= 11 is 0. The van der Waals surface area contributed by atoms with Crippen LogP contribution < -0.4 is 10.6 Å². The fraction of sp³-hybridized carbons (Fsp3) is 0.220. The van der Waals surface area contributed by atoms with E-state index < -0.39 is 0 Å². The van der Waals surface area contributed by atoms with Gasteiger partial charge in [0.25, 0.3) is 0 Å². The molecule has 0 spiro atoms. The van der Waals surface area contributed by atoms with E-state index in [0.717, 1.165) is 6.42 Å². The van der Waals surface area contributed by atoms with Crippen molar-refractivity contribution in [1.29, 1.82) is 0 Å². The number of para-hydroxylation sites is 1. The summed E-state index contributed by atoms with van der Waals surface area (Å²) in [5, 5.41) is 1.29. The summed E-state index contributed by atoms with van der Waals surface area (Å²) in [6.45, 7) is 11.6. The Morgan fingerprint density at radius 3 is 2.32 bits per heavy atom. The quantitative estimate of drug-likeness (QED) is 0.228. The number of fused-ring (bicyclic) bond motifs is 5. The number of hydrogen-bond acceptors (Lipinski definition) is 2. The highest BCUT2D eigenvalue weighted by atomic mass is 15.2. The molecule has 1 atom stereocenters. The minimum atomic E-state index is -0.147. The predicted molar refractivity (Wildman–Crippen MR) is 187 cm³/mol. The zero-order valence-electron chi connectivity index (χ0n) is 26.2. The fourth-order valence-corrected chi connectivity index (χ4v) is 8.33. The van der Waals surface area contributed by atoms with E-state index in [0.29, 0.717) is 5.92 Å². The molecule has 3 heteroatoms. The van der Waals surface area contributed by atoms with Crippen LogP contribution in [-0.4, -0.2) is 4.57 Å². The third-order valence-corrected chi connectivity index (χ3v) is 10.6. The van der Waals surface area contributed by atoms with Gasteiger partial charge in [0.1, 0.15) is 0 Å². The van der Waals surface area contributed by atoms with E-state index in [1.807, 2.05) is 6.20 Å². The molecule has 218 valence electrons. The average Bonchev–Trinajstić information content (AvgIpc) is 3.37. The van der Waals surface area contributed by atoms with Crippen LogP contribution in [0.1, 0.15) is 69.3 Å². The summed E-state index contributed by atoms with van der Waals surface area (Å²) in [5.41, 5.74) is 21.4. The number of aromatic nitrogens is 1. The van der Waals surface area contributed by atoms with Crippen molar-refractivity contribution in [2.45, 2.75) is 52.4 Å². The van der Waals surface area contributed by atoms with E-state index in [4.69, 9.17) is 5.73 Å². The maximum atomic E-state index is 6.33. The van der Waals surface area contributed by atoms with Gasteiger partial charge in [-0.25, -0.2) is 0 Å². The number of hydrogen-bond donors (Lipinski definition) is 1. The smallest absolute Gasteiger partial charge is 0.0539 e. The van der Waals surface area contributed by atoms with E-state index in [2.05, 4.69) is 153 Å².